The highest BCUT2D eigenvalue weighted by Gasteiger charge is 2.04. The van der Waals surface area contributed by atoms with Crippen molar-refractivity contribution in [2.45, 2.75) is 0 Å². The second-order valence-corrected chi connectivity index (χ2v) is 4.26. The molecule has 0 saturated carbocycles. The van der Waals surface area contributed by atoms with Crippen molar-refractivity contribution in [2.75, 3.05) is 0 Å². The largest absolute Gasteiger partial charge is 0.204 e. The van der Waals surface area contributed by atoms with Crippen molar-refractivity contribution in [1.29, 1.82) is 0 Å². The molecule has 0 aliphatic carbocycles. The Labute approximate surface area is 117 Å². The number of halogens is 6. The summed E-state index contributed by atoms with van der Waals surface area (Å²) in [6.45, 7) is 0. The summed E-state index contributed by atoms with van der Waals surface area (Å²) in [5.41, 5.74) is 0. The van der Waals surface area contributed by atoms with Crippen molar-refractivity contribution < 1.29 is 13.2 Å². The Bertz CT molecular complexity index is 454. The van der Waals surface area contributed by atoms with Gasteiger partial charge in [-0.1, -0.05) is 46.9 Å². The lowest BCUT2D eigenvalue weighted by atomic mass is 10.3. The van der Waals surface area contributed by atoms with Crippen LogP contribution in [0.3, 0.4) is 0 Å². The molecule has 0 heterocycles. The molecule has 18 heavy (non-hydrogen) atoms. The average Bonchev–Trinajstić information content (AvgIpc) is 2.34. The molecule has 0 aliphatic rings. The van der Waals surface area contributed by atoms with Crippen LogP contribution in [0.15, 0.2) is 36.4 Å². The first-order valence-electron chi connectivity index (χ1n) is 4.62. The van der Waals surface area contributed by atoms with E-state index in [-0.39, 0.29) is 0 Å². The van der Waals surface area contributed by atoms with Crippen molar-refractivity contribution in [1.82, 2.24) is 0 Å². The standard InChI is InChI=1S/C6H3Cl3.C6H3F3/c2*7-4-2-1-3-5(8)6(4)9/h2*1-3H. The van der Waals surface area contributed by atoms with E-state index in [1.807, 2.05) is 0 Å². The highest BCUT2D eigenvalue weighted by atomic mass is 35.5. The summed E-state index contributed by atoms with van der Waals surface area (Å²) in [4.78, 5) is 0. The van der Waals surface area contributed by atoms with Crippen LogP contribution in [0, 0.1) is 17.5 Å². The van der Waals surface area contributed by atoms with Crippen molar-refractivity contribution in [3.63, 3.8) is 0 Å². The van der Waals surface area contributed by atoms with E-state index in [4.69, 9.17) is 34.8 Å². The average molecular weight is 314 g/mol. The van der Waals surface area contributed by atoms with Crippen LogP contribution in [0.2, 0.25) is 15.1 Å². The molecular formula is C12H6Cl3F3. The smallest absolute Gasteiger partial charge is 0.194 e. The molecular weight excluding hydrogens is 307 g/mol. The van der Waals surface area contributed by atoms with Gasteiger partial charge < -0.3 is 0 Å². The third-order valence-corrected chi connectivity index (χ3v) is 3.04. The fraction of sp³-hybridized carbons (Fsp3) is 0. The van der Waals surface area contributed by atoms with E-state index in [2.05, 4.69) is 0 Å². The van der Waals surface area contributed by atoms with Crippen LogP contribution >= 0.6 is 34.8 Å². The minimum absolute atomic E-state index is 0.417. The van der Waals surface area contributed by atoms with Crippen LogP contribution in [0.5, 0.6) is 0 Å². The Morgan fingerprint density at radius 1 is 0.667 bits per heavy atom. The van der Waals surface area contributed by atoms with Crippen LogP contribution in [-0.2, 0) is 0 Å². The van der Waals surface area contributed by atoms with Gasteiger partial charge in [0.2, 0.25) is 0 Å². The SMILES string of the molecule is Clc1cccc(Cl)c1Cl.Fc1cccc(F)c1F. The Hall–Kier alpha value is -0.900. The molecule has 0 spiro atoms. The summed E-state index contributed by atoms with van der Waals surface area (Å²) in [6.07, 6.45) is 0. The molecule has 0 amide bonds. The van der Waals surface area contributed by atoms with Gasteiger partial charge >= 0.3 is 0 Å². The molecule has 0 fully saturated rings. The minimum atomic E-state index is -1.42. The van der Waals surface area contributed by atoms with Gasteiger partial charge in [0.25, 0.3) is 0 Å². The lowest BCUT2D eigenvalue weighted by Crippen LogP contribution is -1.86. The fourth-order valence-corrected chi connectivity index (χ4v) is 1.48. The van der Waals surface area contributed by atoms with Gasteiger partial charge in [0, 0.05) is 0 Å². The first-order valence-corrected chi connectivity index (χ1v) is 5.76. The molecule has 0 N–H and O–H groups in total. The van der Waals surface area contributed by atoms with Gasteiger partial charge in [0.15, 0.2) is 17.5 Å². The normalized spacial score (nSPS) is 9.67. The molecule has 0 saturated heterocycles. The summed E-state index contributed by atoms with van der Waals surface area (Å²) < 4.78 is 35.9. The molecule has 96 valence electrons. The summed E-state index contributed by atoms with van der Waals surface area (Å²) in [7, 11) is 0. The van der Waals surface area contributed by atoms with Gasteiger partial charge in [-0.2, -0.15) is 0 Å². The van der Waals surface area contributed by atoms with Crippen molar-refractivity contribution in [3.05, 3.63) is 68.9 Å². The van der Waals surface area contributed by atoms with E-state index in [9.17, 15) is 13.2 Å². The highest BCUT2D eigenvalue weighted by molar-refractivity contribution is 6.47. The second-order valence-electron chi connectivity index (χ2n) is 3.07. The zero-order chi connectivity index (χ0) is 13.7. The Balaban J connectivity index is 0.000000180. The number of benzene rings is 2. The molecule has 0 atom stereocenters. The van der Waals surface area contributed by atoms with Gasteiger partial charge in [0.05, 0.1) is 15.1 Å². The summed E-state index contributed by atoms with van der Waals surface area (Å²) >= 11 is 16.8. The Morgan fingerprint density at radius 3 is 1.39 bits per heavy atom. The van der Waals surface area contributed by atoms with E-state index >= 15 is 0 Å². The first-order chi connectivity index (χ1) is 8.43. The molecule has 0 bridgehead atoms. The maximum absolute atomic E-state index is 12.0. The van der Waals surface area contributed by atoms with Crippen LogP contribution in [-0.4, -0.2) is 0 Å². The highest BCUT2D eigenvalue weighted by Crippen LogP contribution is 2.28. The molecule has 6 heteroatoms. The maximum Gasteiger partial charge on any atom is 0.194 e. The zero-order valence-electron chi connectivity index (χ0n) is 8.73. The topological polar surface area (TPSA) is 0 Å². The van der Waals surface area contributed by atoms with Gasteiger partial charge in [0.1, 0.15) is 0 Å². The van der Waals surface area contributed by atoms with Gasteiger partial charge in [-0.25, -0.2) is 13.2 Å². The molecule has 0 nitrogen and oxygen atoms in total. The molecule has 2 aromatic rings. The van der Waals surface area contributed by atoms with Crippen molar-refractivity contribution >= 4 is 34.8 Å². The van der Waals surface area contributed by atoms with E-state index in [1.165, 1.54) is 0 Å². The van der Waals surface area contributed by atoms with Crippen molar-refractivity contribution in [3.8, 4) is 0 Å². The molecule has 0 radical (unpaired) electrons. The number of rotatable bonds is 0. The number of hydrogen-bond acceptors (Lipinski definition) is 0. The van der Waals surface area contributed by atoms with Gasteiger partial charge in [-0.3, -0.25) is 0 Å². The van der Waals surface area contributed by atoms with Crippen LogP contribution in [0.25, 0.3) is 0 Å². The zero-order valence-corrected chi connectivity index (χ0v) is 11.0. The molecule has 2 rings (SSSR count). The number of hydrogen-bond donors (Lipinski definition) is 0. The van der Waals surface area contributed by atoms with E-state index < -0.39 is 17.5 Å². The van der Waals surface area contributed by atoms with Crippen LogP contribution in [0.1, 0.15) is 0 Å². The third kappa shape index (κ3) is 4.09. The first kappa shape index (κ1) is 15.2. The molecule has 0 unspecified atom stereocenters. The molecule has 2 aromatic carbocycles. The summed E-state index contributed by atoms with van der Waals surface area (Å²) in [6, 6.07) is 7.95. The van der Waals surface area contributed by atoms with Crippen molar-refractivity contribution in [2.24, 2.45) is 0 Å². The van der Waals surface area contributed by atoms with Crippen LogP contribution < -0.4 is 0 Å². The summed E-state index contributed by atoms with van der Waals surface area (Å²) in [5.74, 6) is -3.73. The Kier molecular flexibility index (Phi) is 5.79. The Morgan fingerprint density at radius 2 is 1.06 bits per heavy atom. The fourth-order valence-electron chi connectivity index (χ4n) is 0.955. The van der Waals surface area contributed by atoms with E-state index in [0.29, 0.717) is 15.1 Å². The predicted octanol–water partition coefficient (Wildman–Crippen LogP) is 5.75. The lowest BCUT2D eigenvalue weighted by Gasteiger charge is -1.94. The second kappa shape index (κ2) is 6.88. The van der Waals surface area contributed by atoms with Gasteiger partial charge in [-0.05, 0) is 24.3 Å². The van der Waals surface area contributed by atoms with E-state index in [0.717, 1.165) is 18.2 Å². The lowest BCUT2D eigenvalue weighted by molar-refractivity contribution is 0.447. The van der Waals surface area contributed by atoms with Crippen LogP contribution in [0.4, 0.5) is 13.2 Å². The van der Waals surface area contributed by atoms with Gasteiger partial charge in [-0.15, -0.1) is 0 Å². The third-order valence-electron chi connectivity index (χ3n) is 1.81. The molecule has 0 aliphatic heterocycles. The predicted molar refractivity (Wildman–Crippen MR) is 67.8 cm³/mol. The molecule has 0 aromatic heterocycles. The van der Waals surface area contributed by atoms with E-state index in [1.54, 1.807) is 18.2 Å². The minimum Gasteiger partial charge on any atom is -0.204 e. The summed E-state index contributed by atoms with van der Waals surface area (Å²) in [5, 5.41) is 1.40. The quantitative estimate of drug-likeness (QED) is 0.543. The maximum atomic E-state index is 12.0. The monoisotopic (exact) mass is 312 g/mol.